The predicted molar refractivity (Wildman–Crippen MR) is 67.0 cm³/mol. The summed E-state index contributed by atoms with van der Waals surface area (Å²) in [4.78, 5) is 14.7. The molecule has 0 aliphatic heterocycles. The lowest BCUT2D eigenvalue weighted by Gasteiger charge is -1.97. The van der Waals surface area contributed by atoms with Gasteiger partial charge in [0.25, 0.3) is 5.91 Å². The van der Waals surface area contributed by atoms with Crippen molar-refractivity contribution in [3.8, 4) is 0 Å². The van der Waals surface area contributed by atoms with Crippen LogP contribution in [0.3, 0.4) is 0 Å². The quantitative estimate of drug-likeness (QED) is 0.814. The average Bonchev–Trinajstić information content (AvgIpc) is 2.90. The van der Waals surface area contributed by atoms with Crippen molar-refractivity contribution in [2.75, 3.05) is 5.32 Å². The molecule has 0 atom stereocenters. The molecule has 3 rings (SSSR count). The Kier molecular flexibility index (Phi) is 2.51. The maximum atomic E-state index is 11.8. The molecule has 17 heavy (non-hydrogen) atoms. The van der Waals surface area contributed by atoms with E-state index in [2.05, 4.69) is 36.4 Å². The number of carbonyl (C=O) groups is 1. The number of amides is 1. The average molecular weight is 295 g/mol. The number of rotatable bonds is 3. The van der Waals surface area contributed by atoms with Gasteiger partial charge in [0.05, 0.1) is 0 Å². The Morgan fingerprint density at radius 2 is 2.29 bits per heavy atom. The molecule has 1 amide bonds. The number of H-pyrrole nitrogens is 2. The van der Waals surface area contributed by atoms with Crippen LogP contribution in [-0.2, 0) is 0 Å². The lowest BCUT2D eigenvalue weighted by Crippen LogP contribution is -2.12. The number of hydrogen-bond acceptors (Lipinski definition) is 2. The standard InChI is InChI=1S/C11H11BrN4O/c12-7-3-9(13-5-7)11(17)14-10-4-8(15-16-10)6-1-2-6/h3-6,13H,1-2H2,(H2,14,15,16,17). The maximum Gasteiger partial charge on any atom is 0.273 e. The fourth-order valence-electron chi connectivity index (χ4n) is 1.69. The predicted octanol–water partition coefficient (Wildman–Crippen LogP) is 2.63. The van der Waals surface area contributed by atoms with Crippen molar-refractivity contribution < 1.29 is 4.79 Å². The number of carbonyl (C=O) groups excluding carboxylic acids is 1. The molecule has 0 aromatic carbocycles. The molecule has 1 fully saturated rings. The van der Waals surface area contributed by atoms with Crippen molar-refractivity contribution in [1.82, 2.24) is 15.2 Å². The number of halogens is 1. The number of aromatic amines is 2. The topological polar surface area (TPSA) is 73.6 Å². The Morgan fingerprint density at radius 3 is 2.94 bits per heavy atom. The van der Waals surface area contributed by atoms with E-state index in [-0.39, 0.29) is 5.91 Å². The smallest absolute Gasteiger partial charge is 0.273 e. The number of nitrogens with zero attached hydrogens (tertiary/aromatic N) is 1. The van der Waals surface area contributed by atoms with Crippen molar-refractivity contribution in [3.05, 3.63) is 34.2 Å². The summed E-state index contributed by atoms with van der Waals surface area (Å²) in [5.41, 5.74) is 1.61. The van der Waals surface area contributed by atoms with Gasteiger partial charge in [0.1, 0.15) is 5.69 Å². The van der Waals surface area contributed by atoms with Crippen LogP contribution in [0.25, 0.3) is 0 Å². The molecule has 0 bridgehead atoms. The van der Waals surface area contributed by atoms with Gasteiger partial charge in [0.2, 0.25) is 0 Å². The van der Waals surface area contributed by atoms with Gasteiger partial charge in [-0.15, -0.1) is 0 Å². The molecule has 1 aliphatic rings. The summed E-state index contributed by atoms with van der Waals surface area (Å²) >= 11 is 3.28. The van der Waals surface area contributed by atoms with Crippen molar-refractivity contribution in [2.45, 2.75) is 18.8 Å². The molecule has 1 saturated carbocycles. The van der Waals surface area contributed by atoms with Gasteiger partial charge in [-0.1, -0.05) is 0 Å². The zero-order chi connectivity index (χ0) is 11.8. The van der Waals surface area contributed by atoms with Crippen LogP contribution < -0.4 is 5.32 Å². The highest BCUT2D eigenvalue weighted by Crippen LogP contribution is 2.39. The lowest BCUT2D eigenvalue weighted by atomic mass is 10.3. The van der Waals surface area contributed by atoms with Gasteiger partial charge in [0.15, 0.2) is 5.82 Å². The van der Waals surface area contributed by atoms with E-state index in [4.69, 9.17) is 0 Å². The van der Waals surface area contributed by atoms with Crippen LogP contribution >= 0.6 is 15.9 Å². The SMILES string of the molecule is O=C(Nc1cc(C2CC2)[nH]n1)c1cc(Br)c[nH]1. The summed E-state index contributed by atoms with van der Waals surface area (Å²) in [5, 5.41) is 9.75. The molecule has 2 aromatic heterocycles. The monoisotopic (exact) mass is 294 g/mol. The highest BCUT2D eigenvalue weighted by atomic mass is 79.9. The first-order valence-corrected chi connectivity index (χ1v) is 6.22. The highest BCUT2D eigenvalue weighted by molar-refractivity contribution is 9.10. The molecule has 2 heterocycles. The van der Waals surface area contributed by atoms with Crippen molar-refractivity contribution in [3.63, 3.8) is 0 Å². The van der Waals surface area contributed by atoms with Crippen LogP contribution in [-0.4, -0.2) is 21.1 Å². The summed E-state index contributed by atoms with van der Waals surface area (Å²) in [6.45, 7) is 0. The molecule has 1 aliphatic carbocycles. The van der Waals surface area contributed by atoms with Crippen molar-refractivity contribution in [2.24, 2.45) is 0 Å². The third-order valence-electron chi connectivity index (χ3n) is 2.75. The number of aromatic nitrogens is 3. The van der Waals surface area contributed by atoms with Gasteiger partial charge < -0.3 is 10.3 Å². The van der Waals surface area contributed by atoms with Gasteiger partial charge in [0, 0.05) is 28.3 Å². The molecule has 2 aromatic rings. The van der Waals surface area contributed by atoms with Gasteiger partial charge in [-0.3, -0.25) is 9.89 Å². The normalized spacial score (nSPS) is 14.9. The first kappa shape index (κ1) is 10.6. The van der Waals surface area contributed by atoms with E-state index in [0.717, 1.165) is 10.2 Å². The second kappa shape index (κ2) is 4.03. The number of hydrogen-bond donors (Lipinski definition) is 3. The summed E-state index contributed by atoms with van der Waals surface area (Å²) in [6, 6.07) is 3.62. The molecule has 5 nitrogen and oxygen atoms in total. The van der Waals surface area contributed by atoms with Crippen molar-refractivity contribution >= 4 is 27.7 Å². The van der Waals surface area contributed by atoms with E-state index in [0.29, 0.717) is 17.4 Å². The summed E-state index contributed by atoms with van der Waals surface area (Å²) < 4.78 is 0.850. The van der Waals surface area contributed by atoms with Gasteiger partial charge in [-0.25, -0.2) is 0 Å². The van der Waals surface area contributed by atoms with Crippen LogP contribution in [0.15, 0.2) is 22.8 Å². The second-order valence-electron chi connectivity index (χ2n) is 4.17. The third-order valence-corrected chi connectivity index (χ3v) is 3.21. The van der Waals surface area contributed by atoms with E-state index < -0.39 is 0 Å². The van der Waals surface area contributed by atoms with Gasteiger partial charge in [-0.05, 0) is 34.8 Å². The van der Waals surface area contributed by atoms with E-state index in [1.165, 1.54) is 12.8 Å². The van der Waals surface area contributed by atoms with Crippen LogP contribution in [0.5, 0.6) is 0 Å². The second-order valence-corrected chi connectivity index (χ2v) is 5.08. The number of anilines is 1. The minimum absolute atomic E-state index is 0.190. The fraction of sp³-hybridized carbons (Fsp3) is 0.273. The Hall–Kier alpha value is -1.56. The first-order valence-electron chi connectivity index (χ1n) is 5.43. The van der Waals surface area contributed by atoms with E-state index in [1.54, 1.807) is 12.3 Å². The maximum absolute atomic E-state index is 11.8. The summed E-state index contributed by atoms with van der Waals surface area (Å²) in [7, 11) is 0. The molecule has 0 unspecified atom stereocenters. The zero-order valence-electron chi connectivity index (χ0n) is 8.96. The first-order chi connectivity index (χ1) is 8.22. The van der Waals surface area contributed by atoms with E-state index in [9.17, 15) is 4.79 Å². The summed E-state index contributed by atoms with van der Waals surface area (Å²) in [5.74, 6) is 0.986. The minimum Gasteiger partial charge on any atom is -0.356 e. The summed E-state index contributed by atoms with van der Waals surface area (Å²) in [6.07, 6.45) is 4.13. The van der Waals surface area contributed by atoms with Gasteiger partial charge in [-0.2, -0.15) is 5.10 Å². The van der Waals surface area contributed by atoms with Crippen LogP contribution in [0.4, 0.5) is 5.82 Å². The lowest BCUT2D eigenvalue weighted by molar-refractivity contribution is 0.102. The minimum atomic E-state index is -0.190. The molecular formula is C11H11BrN4O. The third kappa shape index (κ3) is 2.26. The van der Waals surface area contributed by atoms with Crippen molar-refractivity contribution in [1.29, 1.82) is 0 Å². The Labute approximate surface area is 106 Å². The fourth-order valence-corrected chi connectivity index (χ4v) is 2.03. The zero-order valence-corrected chi connectivity index (χ0v) is 10.5. The molecule has 0 saturated heterocycles. The van der Waals surface area contributed by atoms with E-state index in [1.807, 2.05) is 6.07 Å². The number of nitrogens with one attached hydrogen (secondary N) is 3. The van der Waals surface area contributed by atoms with Crippen LogP contribution in [0.1, 0.15) is 34.9 Å². The molecule has 3 N–H and O–H groups in total. The Bertz CT molecular complexity index is 555. The van der Waals surface area contributed by atoms with Crippen LogP contribution in [0, 0.1) is 0 Å². The molecule has 6 heteroatoms. The Balaban J connectivity index is 1.71. The van der Waals surface area contributed by atoms with E-state index >= 15 is 0 Å². The molecular weight excluding hydrogens is 284 g/mol. The Morgan fingerprint density at radius 1 is 1.47 bits per heavy atom. The molecule has 0 radical (unpaired) electrons. The molecule has 88 valence electrons. The highest BCUT2D eigenvalue weighted by Gasteiger charge is 2.25. The molecule has 0 spiro atoms. The van der Waals surface area contributed by atoms with Gasteiger partial charge >= 0.3 is 0 Å². The largest absolute Gasteiger partial charge is 0.356 e. The van der Waals surface area contributed by atoms with Crippen LogP contribution in [0.2, 0.25) is 0 Å².